The highest BCUT2D eigenvalue weighted by molar-refractivity contribution is 7.99. The van der Waals surface area contributed by atoms with Crippen LogP contribution in [0.3, 0.4) is 0 Å². The van der Waals surface area contributed by atoms with Crippen molar-refractivity contribution in [2.45, 2.75) is 13.0 Å². The lowest BCUT2D eigenvalue weighted by molar-refractivity contribution is -0.117. The summed E-state index contributed by atoms with van der Waals surface area (Å²) >= 11 is 3.20. The maximum atomic E-state index is 11.7. The first-order valence-corrected chi connectivity index (χ1v) is 6.33. The molecule has 2 rings (SSSR count). The molecule has 1 atom stereocenters. The molecule has 0 aromatic carbocycles. The first-order chi connectivity index (χ1) is 6.77. The summed E-state index contributed by atoms with van der Waals surface area (Å²) in [7, 11) is 0. The molecule has 1 unspecified atom stereocenters. The molecule has 1 aromatic rings. The summed E-state index contributed by atoms with van der Waals surface area (Å²) in [5.74, 6) is 1.76. The lowest BCUT2D eigenvalue weighted by Gasteiger charge is -2.08. The highest BCUT2D eigenvalue weighted by atomic mass is 35.5. The molecule has 4 nitrogen and oxygen atoms in total. The molecule has 92 valence electrons. The summed E-state index contributed by atoms with van der Waals surface area (Å²) in [4.78, 5) is 15.7. The van der Waals surface area contributed by atoms with Gasteiger partial charge in [-0.2, -0.15) is 0 Å². The van der Waals surface area contributed by atoms with Crippen molar-refractivity contribution < 1.29 is 4.79 Å². The summed E-state index contributed by atoms with van der Waals surface area (Å²) < 4.78 is 0. The van der Waals surface area contributed by atoms with E-state index in [0.29, 0.717) is 0 Å². The van der Waals surface area contributed by atoms with Gasteiger partial charge in [0, 0.05) is 11.6 Å². The second-order valence-electron chi connectivity index (χ2n) is 3.03. The Balaban J connectivity index is 0.00000112. The van der Waals surface area contributed by atoms with E-state index in [9.17, 15) is 4.79 Å². The van der Waals surface area contributed by atoms with Crippen LogP contribution in [-0.4, -0.2) is 28.6 Å². The van der Waals surface area contributed by atoms with Crippen LogP contribution in [-0.2, 0) is 4.79 Å². The van der Waals surface area contributed by atoms with Crippen LogP contribution in [0.2, 0.25) is 0 Å². The average molecular weight is 302 g/mol. The van der Waals surface area contributed by atoms with Gasteiger partial charge in [-0.25, -0.2) is 4.98 Å². The molecule has 1 aliphatic heterocycles. The molecule has 1 aliphatic rings. The molecule has 0 saturated carbocycles. The predicted molar refractivity (Wildman–Crippen MR) is 74.2 cm³/mol. The number of aryl methyl sites for hydroxylation is 1. The summed E-state index contributed by atoms with van der Waals surface area (Å²) in [6.07, 6.45) is 0. The van der Waals surface area contributed by atoms with E-state index < -0.39 is 0 Å². The fourth-order valence-electron chi connectivity index (χ4n) is 1.18. The number of nitrogens with zero attached hydrogens (tertiary/aromatic N) is 1. The number of halogens is 2. The van der Waals surface area contributed by atoms with E-state index >= 15 is 0 Å². The Hall–Kier alpha value is -0.0100. The van der Waals surface area contributed by atoms with E-state index in [0.717, 1.165) is 22.3 Å². The maximum absolute atomic E-state index is 11.7. The topological polar surface area (TPSA) is 54.0 Å². The Bertz CT molecular complexity index is 342. The minimum Gasteiger partial charge on any atom is -0.315 e. The molecular formula is C8H13Cl2N3OS2. The largest absolute Gasteiger partial charge is 0.315 e. The number of nitrogens with one attached hydrogen (secondary N) is 2. The lowest BCUT2D eigenvalue weighted by Crippen LogP contribution is -2.37. The van der Waals surface area contributed by atoms with Crippen LogP contribution in [0.25, 0.3) is 0 Å². The van der Waals surface area contributed by atoms with Gasteiger partial charge in [0.15, 0.2) is 0 Å². The van der Waals surface area contributed by atoms with Gasteiger partial charge in [0.1, 0.15) is 5.00 Å². The summed E-state index contributed by atoms with van der Waals surface area (Å²) in [6, 6.07) is -0.0542. The van der Waals surface area contributed by atoms with E-state index in [2.05, 4.69) is 15.6 Å². The van der Waals surface area contributed by atoms with Crippen molar-refractivity contribution in [2.75, 3.05) is 16.9 Å². The number of amides is 1. The third-order valence-electron chi connectivity index (χ3n) is 2.02. The van der Waals surface area contributed by atoms with E-state index in [1.165, 1.54) is 11.3 Å². The number of carbonyl (C=O) groups excluding carboxylic acids is 1. The Kier molecular flexibility index (Phi) is 7.34. The zero-order chi connectivity index (χ0) is 9.97. The summed E-state index contributed by atoms with van der Waals surface area (Å²) in [5, 5.41) is 6.85. The zero-order valence-electron chi connectivity index (χ0n) is 8.56. The zero-order valence-corrected chi connectivity index (χ0v) is 11.8. The number of anilines is 1. The molecule has 1 saturated heterocycles. The molecule has 16 heavy (non-hydrogen) atoms. The van der Waals surface area contributed by atoms with Crippen LogP contribution in [0.5, 0.6) is 0 Å². The molecule has 0 aliphatic carbocycles. The van der Waals surface area contributed by atoms with Crippen molar-refractivity contribution in [1.82, 2.24) is 10.3 Å². The molecule has 0 bridgehead atoms. The van der Waals surface area contributed by atoms with Crippen molar-refractivity contribution in [2.24, 2.45) is 0 Å². The first-order valence-electron chi connectivity index (χ1n) is 4.29. The number of aromatic nitrogens is 1. The number of carbonyl (C=O) groups is 1. The predicted octanol–water partition coefficient (Wildman–Crippen LogP) is 1.90. The summed E-state index contributed by atoms with van der Waals surface area (Å²) in [6.45, 7) is 1.89. The Morgan fingerprint density at radius 3 is 2.88 bits per heavy atom. The standard InChI is InChI=1S/C8H11N3OS2.2ClH/c1-5-8(14-4-9-5)11-7(12)6-2-13-3-10-6;;/h4,6,10H,2-3H2,1H3,(H,11,12);2*1H. The molecule has 8 heteroatoms. The average Bonchev–Trinajstić information content (AvgIpc) is 2.77. The van der Waals surface area contributed by atoms with Gasteiger partial charge in [0.2, 0.25) is 5.91 Å². The SMILES string of the molecule is Cc1ncsc1NC(=O)C1CSCN1.Cl.Cl. The van der Waals surface area contributed by atoms with E-state index in [1.807, 2.05) is 6.92 Å². The van der Waals surface area contributed by atoms with Crippen LogP contribution in [0, 0.1) is 6.92 Å². The fraction of sp³-hybridized carbons (Fsp3) is 0.500. The van der Waals surface area contributed by atoms with Crippen molar-refractivity contribution in [3.05, 3.63) is 11.2 Å². The fourth-order valence-corrected chi connectivity index (χ4v) is 2.83. The third-order valence-corrected chi connectivity index (χ3v) is 3.80. The van der Waals surface area contributed by atoms with Gasteiger partial charge in [-0.15, -0.1) is 47.9 Å². The second kappa shape index (κ2) is 7.34. The van der Waals surface area contributed by atoms with Crippen LogP contribution >= 0.6 is 47.9 Å². The molecule has 1 fully saturated rings. The number of hydrogen-bond donors (Lipinski definition) is 2. The van der Waals surface area contributed by atoms with Crippen LogP contribution in [0.15, 0.2) is 5.51 Å². The molecule has 0 spiro atoms. The number of rotatable bonds is 2. The highest BCUT2D eigenvalue weighted by Gasteiger charge is 2.23. The van der Waals surface area contributed by atoms with Crippen molar-refractivity contribution in [1.29, 1.82) is 0 Å². The van der Waals surface area contributed by atoms with Gasteiger partial charge >= 0.3 is 0 Å². The van der Waals surface area contributed by atoms with Gasteiger partial charge in [-0.1, -0.05) is 0 Å². The molecule has 2 heterocycles. The smallest absolute Gasteiger partial charge is 0.243 e. The third kappa shape index (κ3) is 3.78. The molecule has 1 aromatic heterocycles. The molecule has 1 amide bonds. The molecule has 2 N–H and O–H groups in total. The second-order valence-corrected chi connectivity index (χ2v) is 4.91. The van der Waals surface area contributed by atoms with Crippen molar-refractivity contribution in [3.8, 4) is 0 Å². The Labute approximate surface area is 115 Å². The van der Waals surface area contributed by atoms with Gasteiger partial charge in [0.25, 0.3) is 0 Å². The quantitative estimate of drug-likeness (QED) is 0.876. The minimum absolute atomic E-state index is 0. The summed E-state index contributed by atoms with van der Waals surface area (Å²) in [5.41, 5.74) is 2.62. The van der Waals surface area contributed by atoms with Crippen molar-refractivity contribution in [3.63, 3.8) is 0 Å². The molecule has 0 radical (unpaired) electrons. The number of thiazole rings is 1. The monoisotopic (exact) mass is 301 g/mol. The van der Waals surface area contributed by atoms with Crippen LogP contribution in [0.1, 0.15) is 5.69 Å². The van der Waals surface area contributed by atoms with E-state index in [1.54, 1.807) is 17.3 Å². The van der Waals surface area contributed by atoms with Gasteiger partial charge in [-0.3, -0.25) is 10.1 Å². The number of hydrogen-bond acceptors (Lipinski definition) is 5. The van der Waals surface area contributed by atoms with Gasteiger partial charge in [0.05, 0.1) is 17.2 Å². The van der Waals surface area contributed by atoms with Gasteiger partial charge in [-0.05, 0) is 6.92 Å². The number of thioether (sulfide) groups is 1. The Morgan fingerprint density at radius 1 is 1.62 bits per heavy atom. The van der Waals surface area contributed by atoms with Crippen molar-refractivity contribution >= 4 is 58.8 Å². The van der Waals surface area contributed by atoms with Gasteiger partial charge < -0.3 is 5.32 Å². The minimum atomic E-state index is -0.0542. The van der Waals surface area contributed by atoms with E-state index in [4.69, 9.17) is 0 Å². The van der Waals surface area contributed by atoms with E-state index in [-0.39, 0.29) is 36.8 Å². The molecular weight excluding hydrogens is 289 g/mol. The Morgan fingerprint density at radius 2 is 2.38 bits per heavy atom. The highest BCUT2D eigenvalue weighted by Crippen LogP contribution is 2.20. The maximum Gasteiger partial charge on any atom is 0.243 e. The lowest BCUT2D eigenvalue weighted by atomic mass is 10.3. The normalized spacial score (nSPS) is 18.4. The van der Waals surface area contributed by atoms with Crippen LogP contribution in [0.4, 0.5) is 5.00 Å². The first kappa shape index (κ1) is 16.0. The van der Waals surface area contributed by atoms with Crippen LogP contribution < -0.4 is 10.6 Å².